The average molecular weight is 412 g/mol. The summed E-state index contributed by atoms with van der Waals surface area (Å²) in [6.45, 7) is 11.5. The van der Waals surface area contributed by atoms with Crippen molar-refractivity contribution in [2.24, 2.45) is 5.92 Å². The van der Waals surface area contributed by atoms with Crippen LogP contribution in [0.2, 0.25) is 0 Å². The van der Waals surface area contributed by atoms with Gasteiger partial charge in [0.2, 0.25) is 5.91 Å². The highest BCUT2D eigenvalue weighted by molar-refractivity contribution is 7.22. The highest BCUT2D eigenvalue weighted by Gasteiger charge is 2.27. The number of aromatic nitrogens is 3. The van der Waals surface area contributed by atoms with Gasteiger partial charge in [-0.2, -0.15) is 10.1 Å². The van der Waals surface area contributed by atoms with E-state index in [0.717, 1.165) is 65.9 Å². The largest absolute Gasteiger partial charge is 0.344 e. The van der Waals surface area contributed by atoms with Crippen LogP contribution in [0.15, 0.2) is 24.3 Å². The number of carbonyl (C=O) groups is 1. The molecule has 7 heteroatoms. The van der Waals surface area contributed by atoms with Crippen molar-refractivity contribution in [1.82, 2.24) is 19.7 Å². The maximum Gasteiger partial charge on any atom is 0.225 e. The molecule has 0 N–H and O–H groups in total. The standard InChI is InChI=1S/C22H29N5OS/c1-5-17(6-2)21(28)25-11-13-26(14-12-25)22-23-20-19(29-22)16(4)24-27(20)18-9-7-15(3)8-10-18/h7-10,17H,5-6,11-14H2,1-4H3. The van der Waals surface area contributed by atoms with Crippen LogP contribution in [0.3, 0.4) is 0 Å². The minimum Gasteiger partial charge on any atom is -0.344 e. The van der Waals surface area contributed by atoms with Crippen LogP contribution in [0.4, 0.5) is 5.13 Å². The smallest absolute Gasteiger partial charge is 0.225 e. The van der Waals surface area contributed by atoms with E-state index < -0.39 is 0 Å². The van der Waals surface area contributed by atoms with E-state index in [1.807, 2.05) is 16.5 Å². The van der Waals surface area contributed by atoms with Crippen molar-refractivity contribution in [2.45, 2.75) is 40.5 Å². The molecule has 2 aromatic heterocycles. The van der Waals surface area contributed by atoms with Crippen molar-refractivity contribution in [3.63, 3.8) is 0 Å². The molecule has 1 amide bonds. The number of benzene rings is 1. The minimum absolute atomic E-state index is 0.159. The fourth-order valence-electron chi connectivity index (χ4n) is 3.94. The molecule has 154 valence electrons. The predicted molar refractivity (Wildman–Crippen MR) is 119 cm³/mol. The number of hydrogen-bond donors (Lipinski definition) is 0. The lowest BCUT2D eigenvalue weighted by Crippen LogP contribution is -2.50. The number of rotatable bonds is 5. The molecule has 0 aliphatic carbocycles. The first-order valence-corrected chi connectivity index (χ1v) is 11.3. The lowest BCUT2D eigenvalue weighted by molar-refractivity contribution is -0.136. The first-order chi connectivity index (χ1) is 14.0. The predicted octanol–water partition coefficient (Wildman–Crippen LogP) is 4.18. The van der Waals surface area contributed by atoms with Gasteiger partial charge >= 0.3 is 0 Å². The van der Waals surface area contributed by atoms with Crippen LogP contribution in [-0.4, -0.2) is 51.8 Å². The molecule has 0 saturated carbocycles. The Morgan fingerprint density at radius 1 is 1.07 bits per heavy atom. The van der Waals surface area contributed by atoms with Gasteiger partial charge in [0.25, 0.3) is 0 Å². The molecule has 1 aliphatic heterocycles. The third-order valence-corrected chi connectivity index (χ3v) is 7.07. The third kappa shape index (κ3) is 3.75. The van der Waals surface area contributed by atoms with Gasteiger partial charge in [-0.25, -0.2) is 4.68 Å². The number of amides is 1. The van der Waals surface area contributed by atoms with Crippen molar-refractivity contribution in [2.75, 3.05) is 31.1 Å². The number of piperazine rings is 1. The molecule has 1 aromatic carbocycles. The Morgan fingerprint density at radius 3 is 2.34 bits per heavy atom. The van der Waals surface area contributed by atoms with Crippen LogP contribution in [0.1, 0.15) is 37.9 Å². The molecule has 0 spiro atoms. The second kappa shape index (κ2) is 8.14. The summed E-state index contributed by atoms with van der Waals surface area (Å²) in [4.78, 5) is 21.9. The number of fused-ring (bicyclic) bond motifs is 1. The van der Waals surface area contributed by atoms with E-state index in [9.17, 15) is 4.79 Å². The first kappa shape index (κ1) is 19.9. The molecule has 1 fully saturated rings. The van der Waals surface area contributed by atoms with Gasteiger partial charge in [-0.15, -0.1) is 0 Å². The molecule has 3 heterocycles. The Kier molecular flexibility index (Phi) is 5.58. The molecule has 1 aliphatic rings. The molecule has 0 bridgehead atoms. The van der Waals surface area contributed by atoms with E-state index in [4.69, 9.17) is 10.1 Å². The summed E-state index contributed by atoms with van der Waals surface area (Å²) < 4.78 is 3.08. The van der Waals surface area contributed by atoms with E-state index in [1.54, 1.807) is 11.3 Å². The summed E-state index contributed by atoms with van der Waals surface area (Å²) >= 11 is 1.70. The van der Waals surface area contributed by atoms with Crippen molar-refractivity contribution in [1.29, 1.82) is 0 Å². The van der Waals surface area contributed by atoms with Gasteiger partial charge in [-0.05, 0) is 38.8 Å². The lowest BCUT2D eigenvalue weighted by Gasteiger charge is -2.36. The molecule has 1 saturated heterocycles. The van der Waals surface area contributed by atoms with E-state index in [-0.39, 0.29) is 5.92 Å². The Morgan fingerprint density at radius 2 is 1.72 bits per heavy atom. The third-order valence-electron chi connectivity index (χ3n) is 5.85. The quantitative estimate of drug-likeness (QED) is 0.632. The first-order valence-electron chi connectivity index (χ1n) is 10.5. The number of anilines is 1. The van der Waals surface area contributed by atoms with Gasteiger partial charge < -0.3 is 9.80 Å². The SMILES string of the molecule is CCC(CC)C(=O)N1CCN(c2nc3c(s2)c(C)nn3-c2ccc(C)cc2)CC1. The summed E-state index contributed by atoms with van der Waals surface area (Å²) in [6.07, 6.45) is 1.84. The Balaban J connectivity index is 1.53. The van der Waals surface area contributed by atoms with Crippen molar-refractivity contribution in [3.8, 4) is 5.69 Å². The molecule has 0 atom stereocenters. The maximum atomic E-state index is 12.7. The maximum absolute atomic E-state index is 12.7. The normalized spacial score (nSPS) is 14.9. The molecule has 3 aromatic rings. The molecule has 0 radical (unpaired) electrons. The summed E-state index contributed by atoms with van der Waals surface area (Å²) in [7, 11) is 0. The fraction of sp³-hybridized carbons (Fsp3) is 0.500. The van der Waals surface area contributed by atoms with Crippen LogP contribution in [-0.2, 0) is 4.79 Å². The number of nitrogens with zero attached hydrogens (tertiary/aromatic N) is 5. The molecule has 6 nitrogen and oxygen atoms in total. The molecule has 4 rings (SSSR count). The second-order valence-corrected chi connectivity index (χ2v) is 8.79. The van der Waals surface area contributed by atoms with Gasteiger partial charge in [0.15, 0.2) is 10.8 Å². The van der Waals surface area contributed by atoms with E-state index in [2.05, 4.69) is 49.9 Å². The van der Waals surface area contributed by atoms with Crippen LogP contribution in [0, 0.1) is 19.8 Å². The zero-order chi connectivity index (χ0) is 20.5. The average Bonchev–Trinajstić information content (AvgIpc) is 3.30. The summed E-state index contributed by atoms with van der Waals surface area (Å²) in [5.41, 5.74) is 4.19. The van der Waals surface area contributed by atoms with Crippen LogP contribution in [0.5, 0.6) is 0 Å². The van der Waals surface area contributed by atoms with Gasteiger partial charge in [0, 0.05) is 32.1 Å². The van der Waals surface area contributed by atoms with E-state index >= 15 is 0 Å². The zero-order valence-electron chi connectivity index (χ0n) is 17.7. The Labute approximate surface area is 176 Å². The van der Waals surface area contributed by atoms with E-state index in [1.165, 1.54) is 5.56 Å². The summed E-state index contributed by atoms with van der Waals surface area (Å²) in [5.74, 6) is 0.469. The fourth-order valence-corrected chi connectivity index (χ4v) is 4.98. The summed E-state index contributed by atoms with van der Waals surface area (Å²) in [5, 5.41) is 5.73. The van der Waals surface area contributed by atoms with Gasteiger partial charge in [-0.3, -0.25) is 4.79 Å². The Bertz CT molecular complexity index is 994. The van der Waals surface area contributed by atoms with Gasteiger partial charge in [0.1, 0.15) is 0 Å². The van der Waals surface area contributed by atoms with Gasteiger partial charge in [-0.1, -0.05) is 42.9 Å². The summed E-state index contributed by atoms with van der Waals surface area (Å²) in [6, 6.07) is 8.37. The molecular formula is C22H29N5OS. The molecular weight excluding hydrogens is 382 g/mol. The molecule has 29 heavy (non-hydrogen) atoms. The second-order valence-electron chi connectivity index (χ2n) is 7.81. The number of hydrogen-bond acceptors (Lipinski definition) is 5. The molecule has 0 unspecified atom stereocenters. The lowest BCUT2D eigenvalue weighted by atomic mass is 10.0. The van der Waals surface area contributed by atoms with E-state index in [0.29, 0.717) is 5.91 Å². The van der Waals surface area contributed by atoms with Gasteiger partial charge in [0.05, 0.1) is 16.1 Å². The zero-order valence-corrected chi connectivity index (χ0v) is 18.5. The minimum atomic E-state index is 0.159. The van der Waals surface area contributed by atoms with Crippen molar-refractivity contribution >= 4 is 32.7 Å². The van der Waals surface area contributed by atoms with Crippen LogP contribution >= 0.6 is 11.3 Å². The van der Waals surface area contributed by atoms with Crippen molar-refractivity contribution < 1.29 is 4.79 Å². The van der Waals surface area contributed by atoms with Crippen molar-refractivity contribution in [3.05, 3.63) is 35.5 Å². The Hall–Kier alpha value is -2.41. The number of aryl methyl sites for hydroxylation is 2. The number of thiazole rings is 1. The number of carbonyl (C=O) groups excluding carboxylic acids is 1. The highest BCUT2D eigenvalue weighted by atomic mass is 32.1. The van der Waals surface area contributed by atoms with Crippen LogP contribution in [0.25, 0.3) is 16.0 Å². The van der Waals surface area contributed by atoms with Crippen LogP contribution < -0.4 is 4.90 Å². The highest BCUT2D eigenvalue weighted by Crippen LogP contribution is 2.33. The monoisotopic (exact) mass is 411 g/mol. The topological polar surface area (TPSA) is 54.3 Å².